The highest BCUT2D eigenvalue weighted by Gasteiger charge is 2.10. The number of nitrogens with zero attached hydrogens (tertiary/aromatic N) is 1. The Morgan fingerprint density at radius 1 is 1.46 bits per heavy atom. The molecule has 80 valence electrons. The molecule has 0 bridgehead atoms. The number of ether oxygens (including phenoxy) is 1. The molecule has 1 atom stereocenters. The molecule has 0 aliphatic rings. The van der Waals surface area contributed by atoms with E-state index in [2.05, 4.69) is 24.1 Å². The van der Waals surface area contributed by atoms with Crippen LogP contribution in [0.25, 0.3) is 0 Å². The van der Waals surface area contributed by atoms with E-state index in [0.29, 0.717) is 6.04 Å². The Morgan fingerprint density at radius 2 is 2.15 bits per heavy atom. The van der Waals surface area contributed by atoms with E-state index in [9.17, 15) is 0 Å². The van der Waals surface area contributed by atoms with Crippen molar-refractivity contribution in [2.45, 2.75) is 26.3 Å². The second-order valence-corrected chi connectivity index (χ2v) is 3.36. The van der Waals surface area contributed by atoms with Gasteiger partial charge in [0.25, 0.3) is 0 Å². The molecule has 3 heteroatoms. The summed E-state index contributed by atoms with van der Waals surface area (Å²) in [5.41, 5.74) is 0. The van der Waals surface area contributed by atoms with Crippen molar-refractivity contribution in [1.29, 1.82) is 0 Å². The number of hydrogen-bond donors (Lipinski definition) is 1. The third-order valence-electron chi connectivity index (χ3n) is 2.42. The number of hydrogen-bond acceptors (Lipinski definition) is 3. The normalized spacial score (nSPS) is 13.6. The zero-order valence-electron chi connectivity index (χ0n) is 9.47. The Morgan fingerprint density at radius 3 is 2.62 bits per heavy atom. The van der Waals surface area contributed by atoms with Crippen LogP contribution < -0.4 is 5.32 Å². The van der Waals surface area contributed by atoms with Gasteiger partial charge in [-0.25, -0.2) is 0 Å². The summed E-state index contributed by atoms with van der Waals surface area (Å²) in [5.74, 6) is 0. The second-order valence-electron chi connectivity index (χ2n) is 3.36. The van der Waals surface area contributed by atoms with E-state index >= 15 is 0 Å². The van der Waals surface area contributed by atoms with Gasteiger partial charge in [0.05, 0.1) is 6.61 Å². The minimum atomic E-state index is 0.646. The SMILES string of the molecule is CCN(CCOC)C(C)CCNC. The summed E-state index contributed by atoms with van der Waals surface area (Å²) in [6.07, 6.45) is 1.20. The molecule has 0 saturated heterocycles. The summed E-state index contributed by atoms with van der Waals surface area (Å²) in [6, 6.07) is 0.646. The van der Waals surface area contributed by atoms with E-state index in [-0.39, 0.29) is 0 Å². The summed E-state index contributed by atoms with van der Waals surface area (Å²) >= 11 is 0. The molecule has 0 fully saturated rings. The zero-order chi connectivity index (χ0) is 10.1. The molecular formula is C10H24N2O. The number of likely N-dealkylation sites (N-methyl/N-ethyl adjacent to an activating group) is 1. The number of nitrogens with one attached hydrogen (secondary N) is 1. The maximum absolute atomic E-state index is 5.07. The first-order valence-electron chi connectivity index (χ1n) is 5.13. The van der Waals surface area contributed by atoms with Gasteiger partial charge in [0.2, 0.25) is 0 Å². The lowest BCUT2D eigenvalue weighted by Crippen LogP contribution is -2.37. The minimum Gasteiger partial charge on any atom is -0.383 e. The maximum atomic E-state index is 5.07. The highest BCUT2D eigenvalue weighted by atomic mass is 16.5. The molecule has 0 saturated carbocycles. The predicted octanol–water partition coefficient (Wildman–Crippen LogP) is 0.953. The van der Waals surface area contributed by atoms with Gasteiger partial charge in [-0.1, -0.05) is 6.92 Å². The molecule has 0 radical (unpaired) electrons. The molecule has 3 nitrogen and oxygen atoms in total. The molecule has 0 spiro atoms. The van der Waals surface area contributed by atoms with Crippen molar-refractivity contribution in [2.75, 3.05) is 40.4 Å². The fourth-order valence-electron chi connectivity index (χ4n) is 1.43. The van der Waals surface area contributed by atoms with Gasteiger partial charge >= 0.3 is 0 Å². The van der Waals surface area contributed by atoms with Crippen molar-refractivity contribution in [3.05, 3.63) is 0 Å². The third kappa shape index (κ3) is 6.02. The third-order valence-corrected chi connectivity index (χ3v) is 2.42. The van der Waals surface area contributed by atoms with Crippen LogP contribution >= 0.6 is 0 Å². The lowest BCUT2D eigenvalue weighted by Gasteiger charge is -2.27. The van der Waals surface area contributed by atoms with Crippen molar-refractivity contribution >= 4 is 0 Å². The van der Waals surface area contributed by atoms with Gasteiger partial charge in [-0.3, -0.25) is 4.90 Å². The van der Waals surface area contributed by atoms with Gasteiger partial charge < -0.3 is 10.1 Å². The van der Waals surface area contributed by atoms with Gasteiger partial charge in [0.1, 0.15) is 0 Å². The van der Waals surface area contributed by atoms with Crippen molar-refractivity contribution < 1.29 is 4.74 Å². The van der Waals surface area contributed by atoms with Crippen LogP contribution in [0.5, 0.6) is 0 Å². The molecule has 0 rings (SSSR count). The fourth-order valence-corrected chi connectivity index (χ4v) is 1.43. The highest BCUT2D eigenvalue weighted by Crippen LogP contribution is 2.02. The maximum Gasteiger partial charge on any atom is 0.0589 e. The summed E-state index contributed by atoms with van der Waals surface area (Å²) in [7, 11) is 3.75. The standard InChI is InChI=1S/C10H24N2O/c1-5-12(8-9-13-4)10(2)6-7-11-3/h10-11H,5-9H2,1-4H3. The van der Waals surface area contributed by atoms with E-state index in [0.717, 1.165) is 26.2 Å². The largest absolute Gasteiger partial charge is 0.383 e. The van der Waals surface area contributed by atoms with Crippen molar-refractivity contribution in [2.24, 2.45) is 0 Å². The van der Waals surface area contributed by atoms with Crippen LogP contribution in [-0.4, -0.2) is 51.3 Å². The van der Waals surface area contributed by atoms with Crippen molar-refractivity contribution in [3.8, 4) is 0 Å². The summed E-state index contributed by atoms with van der Waals surface area (Å²) in [5, 5.41) is 3.18. The minimum absolute atomic E-state index is 0.646. The van der Waals surface area contributed by atoms with Crippen molar-refractivity contribution in [3.63, 3.8) is 0 Å². The average Bonchev–Trinajstić information content (AvgIpc) is 2.16. The van der Waals surface area contributed by atoms with Crippen LogP contribution in [-0.2, 0) is 4.74 Å². The molecule has 1 N–H and O–H groups in total. The van der Waals surface area contributed by atoms with Gasteiger partial charge in [-0.05, 0) is 33.5 Å². The lowest BCUT2D eigenvalue weighted by molar-refractivity contribution is 0.126. The van der Waals surface area contributed by atoms with Crippen LogP contribution in [0, 0.1) is 0 Å². The molecule has 0 heterocycles. The van der Waals surface area contributed by atoms with Gasteiger partial charge in [-0.15, -0.1) is 0 Å². The topological polar surface area (TPSA) is 24.5 Å². The van der Waals surface area contributed by atoms with E-state index in [4.69, 9.17) is 4.74 Å². The highest BCUT2D eigenvalue weighted by molar-refractivity contribution is 4.66. The molecule has 0 aromatic heterocycles. The van der Waals surface area contributed by atoms with Gasteiger partial charge in [-0.2, -0.15) is 0 Å². The summed E-state index contributed by atoms with van der Waals surface area (Å²) in [6.45, 7) is 8.54. The van der Waals surface area contributed by atoms with E-state index in [1.165, 1.54) is 6.42 Å². The number of rotatable bonds is 8. The first-order chi connectivity index (χ1) is 6.26. The number of methoxy groups -OCH3 is 1. The van der Waals surface area contributed by atoms with E-state index < -0.39 is 0 Å². The molecule has 0 aromatic carbocycles. The molecule has 1 unspecified atom stereocenters. The molecule has 0 amide bonds. The first kappa shape index (κ1) is 12.9. The Bertz CT molecular complexity index is 109. The molecule has 0 aromatic rings. The second kappa shape index (κ2) is 8.48. The summed E-state index contributed by atoms with van der Waals surface area (Å²) < 4.78 is 5.07. The molecule has 0 aliphatic heterocycles. The van der Waals surface area contributed by atoms with Crippen LogP contribution in [0.4, 0.5) is 0 Å². The smallest absolute Gasteiger partial charge is 0.0589 e. The molecular weight excluding hydrogens is 164 g/mol. The Labute approximate surface area is 82.4 Å². The van der Waals surface area contributed by atoms with Crippen LogP contribution in [0.2, 0.25) is 0 Å². The lowest BCUT2D eigenvalue weighted by atomic mass is 10.2. The Balaban J connectivity index is 3.63. The van der Waals surface area contributed by atoms with E-state index in [1.807, 2.05) is 7.05 Å². The zero-order valence-corrected chi connectivity index (χ0v) is 9.47. The Hall–Kier alpha value is -0.120. The fraction of sp³-hybridized carbons (Fsp3) is 1.00. The van der Waals surface area contributed by atoms with Crippen molar-refractivity contribution in [1.82, 2.24) is 10.2 Å². The van der Waals surface area contributed by atoms with Crippen LogP contribution in [0.1, 0.15) is 20.3 Å². The average molecular weight is 188 g/mol. The molecule has 13 heavy (non-hydrogen) atoms. The first-order valence-corrected chi connectivity index (χ1v) is 5.13. The predicted molar refractivity (Wildman–Crippen MR) is 57.1 cm³/mol. The molecule has 0 aliphatic carbocycles. The monoisotopic (exact) mass is 188 g/mol. The van der Waals surface area contributed by atoms with Gasteiger partial charge in [0, 0.05) is 19.7 Å². The quantitative estimate of drug-likeness (QED) is 0.614. The summed E-state index contributed by atoms with van der Waals surface area (Å²) in [4.78, 5) is 2.45. The Kier molecular flexibility index (Phi) is 8.40. The van der Waals surface area contributed by atoms with Gasteiger partial charge in [0.15, 0.2) is 0 Å². The van der Waals surface area contributed by atoms with Crippen LogP contribution in [0.3, 0.4) is 0 Å². The van der Waals surface area contributed by atoms with E-state index in [1.54, 1.807) is 7.11 Å². The van der Waals surface area contributed by atoms with Crippen LogP contribution in [0.15, 0.2) is 0 Å².